The first-order chi connectivity index (χ1) is 13.2. The summed E-state index contributed by atoms with van der Waals surface area (Å²) in [6.07, 6.45) is 3.69. The summed E-state index contributed by atoms with van der Waals surface area (Å²) in [4.78, 5) is 16.9. The predicted molar refractivity (Wildman–Crippen MR) is 107 cm³/mol. The summed E-state index contributed by atoms with van der Waals surface area (Å²) in [5.74, 6) is 0.737. The maximum Gasteiger partial charge on any atom is 0.224 e. The first-order valence-electron chi connectivity index (χ1n) is 8.88. The number of aryl methyl sites for hydroxylation is 1. The van der Waals surface area contributed by atoms with E-state index < -0.39 is 0 Å². The first-order valence-corrected chi connectivity index (χ1v) is 9.70. The SMILES string of the molecule is COc1ccc2c(CC(=O)NCCCc3nc4ccccc4s3)coc2c1. The molecule has 0 radical (unpaired) electrons. The predicted octanol–water partition coefficient (Wildman–Crippen LogP) is 4.34. The van der Waals surface area contributed by atoms with Crippen molar-refractivity contribution in [1.82, 2.24) is 10.3 Å². The number of methoxy groups -OCH3 is 1. The number of aromatic nitrogens is 1. The van der Waals surface area contributed by atoms with Crippen LogP contribution >= 0.6 is 11.3 Å². The highest BCUT2D eigenvalue weighted by Crippen LogP contribution is 2.26. The lowest BCUT2D eigenvalue weighted by atomic mass is 10.1. The molecule has 2 aromatic carbocycles. The van der Waals surface area contributed by atoms with Crippen molar-refractivity contribution in [2.24, 2.45) is 0 Å². The van der Waals surface area contributed by atoms with E-state index in [1.54, 1.807) is 24.7 Å². The summed E-state index contributed by atoms with van der Waals surface area (Å²) in [5.41, 5.74) is 2.66. The number of benzene rings is 2. The van der Waals surface area contributed by atoms with Gasteiger partial charge in [-0.2, -0.15) is 0 Å². The van der Waals surface area contributed by atoms with E-state index in [4.69, 9.17) is 9.15 Å². The number of hydrogen-bond acceptors (Lipinski definition) is 5. The summed E-state index contributed by atoms with van der Waals surface area (Å²) in [7, 11) is 1.62. The van der Waals surface area contributed by atoms with Crippen LogP contribution in [0.2, 0.25) is 0 Å². The van der Waals surface area contributed by atoms with E-state index in [2.05, 4.69) is 16.4 Å². The number of hydrogen-bond donors (Lipinski definition) is 1. The molecule has 0 unspecified atom stereocenters. The van der Waals surface area contributed by atoms with Gasteiger partial charge in [-0.05, 0) is 30.7 Å². The zero-order chi connectivity index (χ0) is 18.6. The van der Waals surface area contributed by atoms with Gasteiger partial charge in [-0.3, -0.25) is 4.79 Å². The Bertz CT molecular complexity index is 1050. The molecular formula is C21H20N2O3S. The maximum absolute atomic E-state index is 12.2. The van der Waals surface area contributed by atoms with Crippen molar-refractivity contribution in [3.8, 4) is 5.75 Å². The molecule has 1 N–H and O–H groups in total. The number of rotatable bonds is 7. The molecule has 6 heteroatoms. The Labute approximate surface area is 161 Å². The Balaban J connectivity index is 1.28. The monoisotopic (exact) mass is 380 g/mol. The number of nitrogens with one attached hydrogen (secondary N) is 1. The van der Waals surface area contributed by atoms with Gasteiger partial charge >= 0.3 is 0 Å². The number of nitrogens with zero attached hydrogens (tertiary/aromatic N) is 1. The standard InChI is InChI=1S/C21H20N2O3S/c1-25-15-8-9-16-14(13-26-18(16)12-15)11-20(24)22-10-4-7-21-23-17-5-2-3-6-19(17)27-21/h2-3,5-6,8-9,12-13H,4,7,10-11H2,1H3,(H,22,24). The summed E-state index contributed by atoms with van der Waals surface area (Å²) >= 11 is 1.72. The molecule has 0 atom stereocenters. The van der Waals surface area contributed by atoms with Crippen molar-refractivity contribution in [1.29, 1.82) is 0 Å². The lowest BCUT2D eigenvalue weighted by Crippen LogP contribution is -2.26. The summed E-state index contributed by atoms with van der Waals surface area (Å²) in [6, 6.07) is 13.8. The molecule has 1 amide bonds. The third kappa shape index (κ3) is 3.95. The van der Waals surface area contributed by atoms with Crippen LogP contribution in [0.3, 0.4) is 0 Å². The molecule has 0 fully saturated rings. The second-order valence-electron chi connectivity index (χ2n) is 6.33. The average Bonchev–Trinajstić information content (AvgIpc) is 3.28. The molecule has 2 heterocycles. The van der Waals surface area contributed by atoms with E-state index in [-0.39, 0.29) is 5.91 Å². The van der Waals surface area contributed by atoms with E-state index in [0.717, 1.165) is 45.6 Å². The number of para-hydroxylation sites is 1. The highest BCUT2D eigenvalue weighted by Gasteiger charge is 2.11. The number of fused-ring (bicyclic) bond motifs is 2. The van der Waals surface area contributed by atoms with Gasteiger partial charge in [0.15, 0.2) is 0 Å². The Morgan fingerprint density at radius 3 is 3.00 bits per heavy atom. The molecule has 0 aliphatic heterocycles. The second-order valence-corrected chi connectivity index (χ2v) is 7.44. The molecule has 0 spiro atoms. The zero-order valence-electron chi connectivity index (χ0n) is 15.0. The molecule has 138 valence electrons. The van der Waals surface area contributed by atoms with Crippen molar-refractivity contribution in [3.05, 3.63) is 59.3 Å². The van der Waals surface area contributed by atoms with Gasteiger partial charge in [-0.25, -0.2) is 4.98 Å². The van der Waals surface area contributed by atoms with Crippen molar-refractivity contribution in [3.63, 3.8) is 0 Å². The molecule has 0 bridgehead atoms. The van der Waals surface area contributed by atoms with E-state index in [0.29, 0.717) is 13.0 Å². The Morgan fingerprint density at radius 1 is 1.26 bits per heavy atom. The van der Waals surface area contributed by atoms with Gasteiger partial charge in [0.25, 0.3) is 0 Å². The fraction of sp³-hybridized carbons (Fsp3) is 0.238. The second kappa shape index (κ2) is 7.80. The number of ether oxygens (including phenoxy) is 1. The van der Waals surface area contributed by atoms with E-state index in [9.17, 15) is 4.79 Å². The van der Waals surface area contributed by atoms with Crippen LogP contribution < -0.4 is 10.1 Å². The molecular weight excluding hydrogens is 360 g/mol. The third-order valence-corrected chi connectivity index (χ3v) is 5.54. The molecule has 0 saturated carbocycles. The van der Waals surface area contributed by atoms with Gasteiger partial charge < -0.3 is 14.5 Å². The van der Waals surface area contributed by atoms with Crippen molar-refractivity contribution in [2.75, 3.05) is 13.7 Å². The smallest absolute Gasteiger partial charge is 0.224 e. The summed E-state index contributed by atoms with van der Waals surface area (Å²) in [5, 5.41) is 5.04. The zero-order valence-corrected chi connectivity index (χ0v) is 15.8. The molecule has 5 nitrogen and oxygen atoms in total. The van der Waals surface area contributed by atoms with E-state index in [1.807, 2.05) is 36.4 Å². The summed E-state index contributed by atoms with van der Waals surface area (Å²) in [6.45, 7) is 0.637. The number of carbonyl (C=O) groups excluding carboxylic acids is 1. The van der Waals surface area contributed by atoms with Crippen LogP contribution in [0.25, 0.3) is 21.2 Å². The number of furan rings is 1. The van der Waals surface area contributed by atoms with E-state index in [1.165, 1.54) is 4.70 Å². The first kappa shape index (κ1) is 17.5. The van der Waals surface area contributed by atoms with Crippen LogP contribution in [0.4, 0.5) is 0 Å². The van der Waals surface area contributed by atoms with Crippen LogP contribution in [0.5, 0.6) is 5.75 Å². The van der Waals surface area contributed by atoms with Crippen LogP contribution in [0.1, 0.15) is 17.0 Å². The van der Waals surface area contributed by atoms with Crippen molar-refractivity contribution >= 4 is 38.4 Å². The lowest BCUT2D eigenvalue weighted by molar-refractivity contribution is -0.120. The number of amides is 1. The van der Waals surface area contributed by atoms with Crippen molar-refractivity contribution in [2.45, 2.75) is 19.3 Å². The Hall–Kier alpha value is -2.86. The molecule has 0 aliphatic carbocycles. The van der Waals surface area contributed by atoms with Gasteiger partial charge in [0.2, 0.25) is 5.91 Å². The topological polar surface area (TPSA) is 64.4 Å². The van der Waals surface area contributed by atoms with Crippen LogP contribution in [0, 0.1) is 0 Å². The molecule has 0 aliphatic rings. The van der Waals surface area contributed by atoms with Gasteiger partial charge in [-0.15, -0.1) is 11.3 Å². The molecule has 0 saturated heterocycles. The minimum Gasteiger partial charge on any atom is -0.497 e. The number of carbonyl (C=O) groups is 1. The fourth-order valence-electron chi connectivity index (χ4n) is 3.06. The fourth-order valence-corrected chi connectivity index (χ4v) is 4.07. The Morgan fingerprint density at radius 2 is 2.15 bits per heavy atom. The van der Waals surface area contributed by atoms with Crippen LogP contribution in [0.15, 0.2) is 53.1 Å². The van der Waals surface area contributed by atoms with Gasteiger partial charge in [0.1, 0.15) is 11.3 Å². The minimum absolute atomic E-state index is 0.00202. The van der Waals surface area contributed by atoms with Gasteiger partial charge in [-0.1, -0.05) is 12.1 Å². The largest absolute Gasteiger partial charge is 0.497 e. The average molecular weight is 380 g/mol. The van der Waals surface area contributed by atoms with Gasteiger partial charge in [0.05, 0.1) is 35.0 Å². The lowest BCUT2D eigenvalue weighted by Gasteiger charge is -2.04. The normalized spacial score (nSPS) is 11.1. The van der Waals surface area contributed by atoms with Gasteiger partial charge in [0, 0.05) is 30.0 Å². The highest BCUT2D eigenvalue weighted by atomic mass is 32.1. The van der Waals surface area contributed by atoms with Crippen LogP contribution in [-0.4, -0.2) is 24.5 Å². The molecule has 4 rings (SSSR count). The minimum atomic E-state index is -0.00202. The van der Waals surface area contributed by atoms with Crippen LogP contribution in [-0.2, 0) is 17.6 Å². The molecule has 4 aromatic rings. The quantitative estimate of drug-likeness (QED) is 0.484. The van der Waals surface area contributed by atoms with E-state index >= 15 is 0 Å². The molecule has 27 heavy (non-hydrogen) atoms. The number of thiazole rings is 1. The summed E-state index contributed by atoms with van der Waals surface area (Å²) < 4.78 is 11.9. The Kier molecular flexibility index (Phi) is 5.07. The highest BCUT2D eigenvalue weighted by molar-refractivity contribution is 7.18. The third-order valence-electron chi connectivity index (χ3n) is 4.44. The maximum atomic E-state index is 12.2. The van der Waals surface area contributed by atoms with Crippen molar-refractivity contribution < 1.29 is 13.9 Å². The molecule has 2 aromatic heterocycles.